The summed E-state index contributed by atoms with van der Waals surface area (Å²) in [6.45, 7) is 9.80. The fourth-order valence-electron chi connectivity index (χ4n) is 8.99. The number of rotatable bonds is 1. The zero-order valence-corrected chi connectivity index (χ0v) is 18.5. The first-order valence-electron chi connectivity index (χ1n) is 12.1. The summed E-state index contributed by atoms with van der Waals surface area (Å²) in [5.41, 5.74) is 5.50. The van der Waals surface area contributed by atoms with Crippen molar-refractivity contribution in [1.29, 1.82) is 0 Å². The third-order valence-corrected chi connectivity index (χ3v) is 10.3. The molecule has 0 radical (unpaired) electrons. The fraction of sp³-hybridized carbons (Fsp3) is 0.778. The van der Waals surface area contributed by atoms with E-state index >= 15 is 0 Å². The lowest BCUT2D eigenvalue weighted by Crippen LogP contribution is -2.53. The second kappa shape index (κ2) is 6.59. The predicted molar refractivity (Wildman–Crippen MR) is 116 cm³/mol. The highest BCUT2D eigenvalue weighted by Crippen LogP contribution is 2.69. The molecule has 4 fully saturated rings. The van der Waals surface area contributed by atoms with Crippen molar-refractivity contribution in [2.45, 2.75) is 97.5 Å². The number of benzene rings is 1. The summed E-state index contributed by atoms with van der Waals surface area (Å²) in [6, 6.07) is 7.30. The van der Waals surface area contributed by atoms with Crippen LogP contribution in [0.2, 0.25) is 0 Å². The van der Waals surface area contributed by atoms with Crippen molar-refractivity contribution in [1.82, 2.24) is 0 Å². The molecule has 1 aromatic rings. The second-order valence-electron chi connectivity index (χ2n) is 11.7. The molecule has 0 heterocycles. The Hall–Kier alpha value is -0.820. The highest BCUT2D eigenvalue weighted by atomic mass is 16.3. The van der Waals surface area contributed by atoms with Gasteiger partial charge in [-0.05, 0) is 118 Å². The summed E-state index contributed by atoms with van der Waals surface area (Å²) in [5, 5.41) is 10.3. The Balaban J connectivity index is 1.44. The Morgan fingerprint density at radius 1 is 0.786 bits per heavy atom. The molecule has 154 valence electrons. The van der Waals surface area contributed by atoms with E-state index in [-0.39, 0.29) is 6.10 Å². The molecule has 4 saturated carbocycles. The molecule has 5 rings (SSSR count). The van der Waals surface area contributed by atoms with Gasteiger partial charge in [-0.1, -0.05) is 43.2 Å². The molecule has 1 aromatic carbocycles. The quantitative estimate of drug-likeness (QED) is 0.568. The van der Waals surface area contributed by atoms with Gasteiger partial charge in [-0.3, -0.25) is 0 Å². The predicted octanol–water partition coefficient (Wildman–Crippen LogP) is 6.79. The maximum absolute atomic E-state index is 10.3. The lowest BCUT2D eigenvalue weighted by Gasteiger charge is -2.61. The van der Waals surface area contributed by atoms with Crippen molar-refractivity contribution in [3.63, 3.8) is 0 Å². The number of aliphatic hydroxyl groups excluding tert-OH is 1. The van der Waals surface area contributed by atoms with Crippen LogP contribution in [0.5, 0.6) is 0 Å². The largest absolute Gasteiger partial charge is 0.393 e. The molecule has 1 unspecified atom stereocenters. The van der Waals surface area contributed by atoms with Gasteiger partial charge in [-0.25, -0.2) is 0 Å². The van der Waals surface area contributed by atoms with Crippen LogP contribution in [0.4, 0.5) is 0 Å². The molecular weight excluding hydrogens is 340 g/mol. The van der Waals surface area contributed by atoms with Crippen LogP contribution in [0, 0.1) is 48.3 Å². The van der Waals surface area contributed by atoms with Gasteiger partial charge in [-0.15, -0.1) is 0 Å². The average molecular weight is 381 g/mol. The molecule has 28 heavy (non-hydrogen) atoms. The number of aryl methyl sites for hydroxylation is 2. The van der Waals surface area contributed by atoms with Crippen LogP contribution in [0.3, 0.4) is 0 Å². The minimum atomic E-state index is -0.0242. The molecule has 0 aliphatic heterocycles. The zero-order valence-electron chi connectivity index (χ0n) is 18.5. The fourth-order valence-corrected chi connectivity index (χ4v) is 8.99. The van der Waals surface area contributed by atoms with Crippen LogP contribution in [0.15, 0.2) is 18.2 Å². The van der Waals surface area contributed by atoms with Gasteiger partial charge in [0.15, 0.2) is 0 Å². The molecule has 0 saturated heterocycles. The molecule has 0 spiro atoms. The van der Waals surface area contributed by atoms with E-state index < -0.39 is 0 Å². The Kier molecular flexibility index (Phi) is 4.51. The monoisotopic (exact) mass is 380 g/mol. The zero-order chi connectivity index (χ0) is 19.7. The van der Waals surface area contributed by atoms with E-state index in [2.05, 4.69) is 45.9 Å². The number of hydrogen-bond acceptors (Lipinski definition) is 1. The first kappa shape index (κ1) is 19.2. The molecule has 0 bridgehead atoms. The summed E-state index contributed by atoms with van der Waals surface area (Å²) in [5.74, 6) is 4.30. The number of hydrogen-bond donors (Lipinski definition) is 1. The van der Waals surface area contributed by atoms with Gasteiger partial charge >= 0.3 is 0 Å². The first-order valence-corrected chi connectivity index (χ1v) is 12.1. The van der Waals surface area contributed by atoms with Crippen molar-refractivity contribution < 1.29 is 5.11 Å². The van der Waals surface area contributed by atoms with E-state index in [4.69, 9.17) is 0 Å². The van der Waals surface area contributed by atoms with Gasteiger partial charge in [0.2, 0.25) is 0 Å². The molecule has 0 aromatic heterocycles. The van der Waals surface area contributed by atoms with Crippen molar-refractivity contribution in [2.24, 2.45) is 34.5 Å². The van der Waals surface area contributed by atoms with E-state index in [9.17, 15) is 5.11 Å². The lowest BCUT2D eigenvalue weighted by molar-refractivity contribution is -0.122. The smallest absolute Gasteiger partial charge is 0.0543 e. The number of aliphatic hydroxyl groups is 1. The molecule has 4 aliphatic rings. The summed E-state index contributed by atoms with van der Waals surface area (Å²) in [4.78, 5) is 0. The van der Waals surface area contributed by atoms with E-state index in [0.717, 1.165) is 42.4 Å². The Morgan fingerprint density at radius 3 is 2.21 bits per heavy atom. The van der Waals surface area contributed by atoms with Crippen LogP contribution >= 0.6 is 0 Å². The lowest BCUT2D eigenvalue weighted by atomic mass is 9.44. The van der Waals surface area contributed by atoms with Crippen LogP contribution in [0.25, 0.3) is 0 Å². The molecular formula is C27H40O. The van der Waals surface area contributed by atoms with Crippen LogP contribution in [0.1, 0.15) is 94.2 Å². The molecule has 1 heteroatoms. The van der Waals surface area contributed by atoms with Gasteiger partial charge in [-0.2, -0.15) is 0 Å². The normalized spacial score (nSPS) is 47.9. The molecule has 8 atom stereocenters. The third-order valence-electron chi connectivity index (χ3n) is 10.3. The van der Waals surface area contributed by atoms with Crippen LogP contribution in [-0.4, -0.2) is 11.2 Å². The highest BCUT2D eigenvalue weighted by Gasteiger charge is 2.60. The standard InChI is InChI=1S/C27H40O/c1-17-13-18(2)15-19(14-17)23-7-8-24-22-6-5-20-16-21(28)9-11-26(20,3)25(22)10-12-27(23,24)4/h13-15,20-25,28H,5-12,16H2,1-4H3/t20?,21-,22-,23+,24-,25-,26-,27+/m0/s1. The highest BCUT2D eigenvalue weighted by molar-refractivity contribution is 5.33. The van der Waals surface area contributed by atoms with E-state index in [1.165, 1.54) is 56.1 Å². The average Bonchev–Trinajstić information content (AvgIpc) is 2.99. The summed E-state index contributed by atoms with van der Waals surface area (Å²) >= 11 is 0. The maximum atomic E-state index is 10.3. The Morgan fingerprint density at radius 2 is 1.46 bits per heavy atom. The first-order chi connectivity index (χ1) is 13.3. The van der Waals surface area contributed by atoms with E-state index in [0.29, 0.717) is 10.8 Å². The van der Waals surface area contributed by atoms with Crippen molar-refractivity contribution in [2.75, 3.05) is 0 Å². The molecule has 0 amide bonds. The van der Waals surface area contributed by atoms with Crippen molar-refractivity contribution in [3.05, 3.63) is 34.9 Å². The van der Waals surface area contributed by atoms with Gasteiger partial charge in [0.1, 0.15) is 0 Å². The van der Waals surface area contributed by atoms with Crippen molar-refractivity contribution >= 4 is 0 Å². The van der Waals surface area contributed by atoms with Crippen LogP contribution in [-0.2, 0) is 0 Å². The van der Waals surface area contributed by atoms with Gasteiger partial charge in [0, 0.05) is 0 Å². The van der Waals surface area contributed by atoms with Crippen LogP contribution < -0.4 is 0 Å². The minimum Gasteiger partial charge on any atom is -0.393 e. The third kappa shape index (κ3) is 2.75. The summed E-state index contributed by atoms with van der Waals surface area (Å²) < 4.78 is 0. The van der Waals surface area contributed by atoms with Gasteiger partial charge in [0.05, 0.1) is 6.10 Å². The van der Waals surface area contributed by atoms with Crippen molar-refractivity contribution in [3.8, 4) is 0 Å². The SMILES string of the molecule is Cc1cc(C)cc([C@H]2CC[C@H]3[C@@H]4CCC5C[C@@H](O)CC[C@]5(C)[C@H]4CC[C@]23C)c1. The van der Waals surface area contributed by atoms with Gasteiger partial charge < -0.3 is 5.11 Å². The van der Waals surface area contributed by atoms with E-state index in [1.807, 2.05) is 0 Å². The number of fused-ring (bicyclic) bond motifs is 5. The maximum Gasteiger partial charge on any atom is 0.0543 e. The molecule has 1 nitrogen and oxygen atoms in total. The second-order valence-corrected chi connectivity index (χ2v) is 11.7. The summed E-state index contributed by atoms with van der Waals surface area (Å²) in [6.07, 6.45) is 11.9. The summed E-state index contributed by atoms with van der Waals surface area (Å²) in [7, 11) is 0. The minimum absolute atomic E-state index is 0.0242. The topological polar surface area (TPSA) is 20.2 Å². The Bertz CT molecular complexity index is 732. The van der Waals surface area contributed by atoms with Gasteiger partial charge in [0.25, 0.3) is 0 Å². The Labute approximate surface area is 172 Å². The molecule has 4 aliphatic carbocycles. The van der Waals surface area contributed by atoms with E-state index in [1.54, 1.807) is 5.56 Å². The molecule has 1 N–H and O–H groups in total.